The Kier molecular flexibility index (Phi) is 5.38. The predicted molar refractivity (Wildman–Crippen MR) is 90.8 cm³/mol. The van der Waals surface area contributed by atoms with Crippen molar-refractivity contribution in [1.29, 1.82) is 0 Å². The van der Waals surface area contributed by atoms with Crippen LogP contribution in [0.4, 0.5) is 0 Å². The van der Waals surface area contributed by atoms with Crippen molar-refractivity contribution in [1.82, 2.24) is 10.0 Å². The van der Waals surface area contributed by atoms with E-state index >= 15 is 0 Å². The van der Waals surface area contributed by atoms with Crippen LogP contribution in [0.25, 0.3) is 0 Å². The van der Waals surface area contributed by atoms with Crippen LogP contribution in [-0.4, -0.2) is 26.9 Å². The molecule has 2 rings (SSSR count). The van der Waals surface area contributed by atoms with Crippen molar-refractivity contribution < 1.29 is 13.2 Å². The maximum absolute atomic E-state index is 12.5. The first-order valence-electron chi connectivity index (χ1n) is 7.62. The van der Waals surface area contributed by atoms with E-state index in [1.807, 2.05) is 0 Å². The number of nitrogens with one attached hydrogen (secondary N) is 2. The van der Waals surface area contributed by atoms with Crippen molar-refractivity contribution in [3.8, 4) is 0 Å². The lowest BCUT2D eigenvalue weighted by Gasteiger charge is -2.31. The number of benzene rings is 1. The quantitative estimate of drug-likeness (QED) is 0.871. The molecular formula is C16H23ClN2O3S. The highest BCUT2D eigenvalue weighted by Gasteiger charge is 2.33. The highest BCUT2D eigenvalue weighted by Crippen LogP contribution is 2.33. The summed E-state index contributed by atoms with van der Waals surface area (Å²) in [6.07, 6.45) is 1.04. The van der Waals surface area contributed by atoms with Crippen LogP contribution in [0.2, 0.25) is 5.02 Å². The number of carbonyl (C=O) groups excluding carboxylic acids is 1. The van der Waals surface area contributed by atoms with Crippen molar-refractivity contribution in [2.24, 2.45) is 11.3 Å². The molecule has 0 aromatic heterocycles. The summed E-state index contributed by atoms with van der Waals surface area (Å²) in [5.74, 6) is 0.0843. The van der Waals surface area contributed by atoms with Crippen molar-refractivity contribution >= 4 is 27.5 Å². The lowest BCUT2D eigenvalue weighted by Crippen LogP contribution is -2.42. The smallest absolute Gasteiger partial charge is 0.240 e. The summed E-state index contributed by atoms with van der Waals surface area (Å²) in [5.41, 5.74) is -0.0638. The Balaban J connectivity index is 2.17. The third kappa shape index (κ3) is 4.93. The van der Waals surface area contributed by atoms with Crippen molar-refractivity contribution in [3.05, 3.63) is 29.3 Å². The van der Waals surface area contributed by atoms with Crippen molar-refractivity contribution in [2.75, 3.05) is 6.54 Å². The van der Waals surface area contributed by atoms with Crippen LogP contribution in [-0.2, 0) is 14.8 Å². The van der Waals surface area contributed by atoms with E-state index in [-0.39, 0.29) is 28.2 Å². The van der Waals surface area contributed by atoms with E-state index in [2.05, 4.69) is 30.8 Å². The molecule has 23 heavy (non-hydrogen) atoms. The summed E-state index contributed by atoms with van der Waals surface area (Å²) in [6.45, 7) is 6.52. The minimum Gasteiger partial charge on any atom is -0.354 e. The molecule has 1 saturated heterocycles. The zero-order chi connectivity index (χ0) is 17.3. The van der Waals surface area contributed by atoms with E-state index in [1.54, 1.807) is 12.1 Å². The second-order valence-electron chi connectivity index (χ2n) is 7.08. The molecule has 0 radical (unpaired) electrons. The Morgan fingerprint density at radius 2 is 1.83 bits per heavy atom. The van der Waals surface area contributed by atoms with Gasteiger partial charge in [-0.2, -0.15) is 0 Å². The highest BCUT2D eigenvalue weighted by molar-refractivity contribution is 7.89. The van der Waals surface area contributed by atoms with E-state index in [0.717, 1.165) is 0 Å². The standard InChI is InChI=1S/C16H23ClN2O3S/c1-16(2,3)11-8-13(10-18-15(20)9-11)19-23(21,22)14-6-4-12(17)5-7-14/h4-7,11,13,19H,8-10H2,1-3H3,(H,18,20). The van der Waals surface area contributed by atoms with Crippen LogP contribution in [0.1, 0.15) is 33.6 Å². The lowest BCUT2D eigenvalue weighted by atomic mass is 9.76. The number of carbonyl (C=O) groups is 1. The third-order valence-electron chi connectivity index (χ3n) is 4.22. The van der Waals surface area contributed by atoms with Gasteiger partial charge in [0.25, 0.3) is 0 Å². The zero-order valence-electron chi connectivity index (χ0n) is 13.6. The van der Waals surface area contributed by atoms with Gasteiger partial charge in [0, 0.05) is 24.0 Å². The molecule has 2 atom stereocenters. The van der Waals surface area contributed by atoms with Crippen molar-refractivity contribution in [3.63, 3.8) is 0 Å². The summed E-state index contributed by atoms with van der Waals surface area (Å²) in [7, 11) is -3.64. The Labute approximate surface area is 142 Å². The number of amides is 1. The summed E-state index contributed by atoms with van der Waals surface area (Å²) < 4.78 is 27.7. The molecule has 0 aliphatic carbocycles. The molecule has 7 heteroatoms. The molecule has 0 saturated carbocycles. The molecule has 1 aromatic carbocycles. The first kappa shape index (κ1) is 18.2. The number of hydrogen-bond donors (Lipinski definition) is 2. The first-order valence-corrected chi connectivity index (χ1v) is 9.48. The second-order valence-corrected chi connectivity index (χ2v) is 9.23. The second kappa shape index (κ2) is 6.79. The fourth-order valence-corrected chi connectivity index (χ4v) is 4.07. The van der Waals surface area contributed by atoms with E-state index in [4.69, 9.17) is 11.6 Å². The zero-order valence-corrected chi connectivity index (χ0v) is 15.2. The lowest BCUT2D eigenvalue weighted by molar-refractivity contribution is -0.122. The molecule has 1 fully saturated rings. The molecule has 0 bridgehead atoms. The van der Waals surface area contributed by atoms with Gasteiger partial charge in [0.15, 0.2) is 0 Å². The Morgan fingerprint density at radius 1 is 1.22 bits per heavy atom. The Morgan fingerprint density at radius 3 is 2.39 bits per heavy atom. The number of halogens is 1. The van der Waals surface area contributed by atoms with E-state index < -0.39 is 10.0 Å². The fraction of sp³-hybridized carbons (Fsp3) is 0.562. The number of hydrogen-bond acceptors (Lipinski definition) is 3. The average molecular weight is 359 g/mol. The van der Waals surface area contributed by atoms with Gasteiger partial charge in [0.2, 0.25) is 15.9 Å². The Bertz CT molecular complexity index is 666. The van der Waals surface area contributed by atoms with E-state index in [9.17, 15) is 13.2 Å². The van der Waals surface area contributed by atoms with Crippen LogP contribution in [0, 0.1) is 11.3 Å². The van der Waals surface area contributed by atoms with Crippen LogP contribution < -0.4 is 10.0 Å². The monoisotopic (exact) mass is 358 g/mol. The molecule has 5 nitrogen and oxygen atoms in total. The van der Waals surface area contributed by atoms with Gasteiger partial charge in [-0.15, -0.1) is 0 Å². The predicted octanol–water partition coefficient (Wildman–Crippen LogP) is 2.56. The van der Waals surface area contributed by atoms with Crippen LogP contribution in [0.15, 0.2) is 29.2 Å². The van der Waals surface area contributed by atoms with Gasteiger partial charge in [0.05, 0.1) is 4.90 Å². The molecule has 1 amide bonds. The summed E-state index contributed by atoms with van der Waals surface area (Å²) >= 11 is 5.80. The average Bonchev–Trinajstić information content (AvgIpc) is 2.61. The van der Waals surface area contributed by atoms with Crippen LogP contribution in [0.5, 0.6) is 0 Å². The van der Waals surface area contributed by atoms with Gasteiger partial charge in [-0.3, -0.25) is 4.79 Å². The van der Waals surface area contributed by atoms with Crippen LogP contribution >= 0.6 is 11.6 Å². The minimum absolute atomic E-state index is 0.0295. The molecule has 1 heterocycles. The van der Waals surface area contributed by atoms with Gasteiger partial charge in [-0.25, -0.2) is 13.1 Å². The molecule has 128 valence electrons. The highest BCUT2D eigenvalue weighted by atomic mass is 35.5. The van der Waals surface area contributed by atoms with E-state index in [1.165, 1.54) is 12.1 Å². The van der Waals surface area contributed by atoms with Gasteiger partial charge in [0.1, 0.15) is 0 Å². The van der Waals surface area contributed by atoms with Crippen molar-refractivity contribution in [2.45, 2.75) is 44.6 Å². The molecule has 0 spiro atoms. The third-order valence-corrected chi connectivity index (χ3v) is 6.01. The normalized spacial score (nSPS) is 23.2. The topological polar surface area (TPSA) is 75.3 Å². The molecular weight excluding hydrogens is 336 g/mol. The first-order chi connectivity index (χ1) is 10.6. The van der Waals surface area contributed by atoms with Gasteiger partial charge < -0.3 is 5.32 Å². The summed E-state index contributed by atoms with van der Waals surface area (Å²) in [5, 5.41) is 3.28. The molecule has 1 aliphatic heterocycles. The summed E-state index contributed by atoms with van der Waals surface area (Å²) in [4.78, 5) is 12.0. The summed E-state index contributed by atoms with van der Waals surface area (Å²) in [6, 6.07) is 5.71. The Hall–Kier alpha value is -1.11. The van der Waals surface area contributed by atoms with E-state index in [0.29, 0.717) is 24.4 Å². The van der Waals surface area contributed by atoms with Gasteiger partial charge >= 0.3 is 0 Å². The minimum atomic E-state index is -3.64. The number of rotatable bonds is 3. The largest absolute Gasteiger partial charge is 0.354 e. The molecule has 1 aromatic rings. The van der Waals surface area contributed by atoms with Crippen LogP contribution in [0.3, 0.4) is 0 Å². The molecule has 2 unspecified atom stereocenters. The SMILES string of the molecule is CC(C)(C)C1CC(=O)NCC(NS(=O)(=O)c2ccc(Cl)cc2)C1. The molecule has 2 N–H and O–H groups in total. The molecule has 1 aliphatic rings. The van der Waals surface area contributed by atoms with Gasteiger partial charge in [-0.05, 0) is 42.0 Å². The maximum Gasteiger partial charge on any atom is 0.240 e. The fourth-order valence-electron chi connectivity index (χ4n) is 2.69. The van der Waals surface area contributed by atoms with Gasteiger partial charge in [-0.1, -0.05) is 32.4 Å². The number of sulfonamides is 1. The maximum atomic E-state index is 12.5.